The average molecular weight is 339 g/mol. The molecule has 1 heterocycles. The maximum Gasteiger partial charge on any atom is 0.328 e. The van der Waals surface area contributed by atoms with Crippen molar-refractivity contribution in [3.63, 3.8) is 0 Å². The summed E-state index contributed by atoms with van der Waals surface area (Å²) in [7, 11) is 0. The van der Waals surface area contributed by atoms with Gasteiger partial charge in [-0.2, -0.15) is 5.10 Å². The number of anilines is 1. The van der Waals surface area contributed by atoms with E-state index in [0.717, 1.165) is 10.7 Å². The first-order valence-electron chi connectivity index (χ1n) is 6.33. The number of nitro groups is 1. The number of aliphatic carboxylic acids is 1. The average Bonchev–Trinajstić information content (AvgIpc) is 2.97. The van der Waals surface area contributed by atoms with E-state index in [9.17, 15) is 19.7 Å². The van der Waals surface area contributed by atoms with Crippen LogP contribution in [0.3, 0.4) is 0 Å². The summed E-state index contributed by atoms with van der Waals surface area (Å²) in [6, 6.07) is 4.19. The SMILES string of the molecule is CC(C(=O)O)n1ccc(C(=O)Nc2ccc(Cl)cc2[N+](=O)[O-])n1. The van der Waals surface area contributed by atoms with Crippen LogP contribution in [-0.2, 0) is 4.79 Å². The highest BCUT2D eigenvalue weighted by atomic mass is 35.5. The van der Waals surface area contributed by atoms with Crippen LogP contribution in [0.25, 0.3) is 0 Å². The molecule has 23 heavy (non-hydrogen) atoms. The third-order valence-corrected chi connectivity index (χ3v) is 3.23. The summed E-state index contributed by atoms with van der Waals surface area (Å²) in [5.74, 6) is -1.81. The van der Waals surface area contributed by atoms with Crippen LogP contribution in [0.5, 0.6) is 0 Å². The smallest absolute Gasteiger partial charge is 0.328 e. The monoisotopic (exact) mass is 338 g/mol. The molecule has 0 spiro atoms. The van der Waals surface area contributed by atoms with E-state index < -0.39 is 22.8 Å². The molecule has 2 aromatic rings. The molecule has 10 heteroatoms. The van der Waals surface area contributed by atoms with E-state index >= 15 is 0 Å². The lowest BCUT2D eigenvalue weighted by Crippen LogP contribution is -2.18. The van der Waals surface area contributed by atoms with Crippen molar-refractivity contribution >= 4 is 34.9 Å². The van der Waals surface area contributed by atoms with Crippen molar-refractivity contribution in [2.75, 3.05) is 5.32 Å². The van der Waals surface area contributed by atoms with Crippen LogP contribution >= 0.6 is 11.6 Å². The first-order valence-corrected chi connectivity index (χ1v) is 6.70. The highest BCUT2D eigenvalue weighted by Crippen LogP contribution is 2.28. The fourth-order valence-corrected chi connectivity index (χ4v) is 1.90. The number of hydrogen-bond donors (Lipinski definition) is 2. The van der Waals surface area contributed by atoms with Crippen LogP contribution in [0, 0.1) is 10.1 Å². The van der Waals surface area contributed by atoms with Gasteiger partial charge in [0.2, 0.25) is 0 Å². The molecule has 2 N–H and O–H groups in total. The minimum absolute atomic E-state index is 0.0368. The number of carboxylic acids is 1. The first kappa shape index (κ1) is 16.4. The summed E-state index contributed by atoms with van der Waals surface area (Å²) in [5, 5.41) is 26.2. The summed E-state index contributed by atoms with van der Waals surface area (Å²) < 4.78 is 1.10. The van der Waals surface area contributed by atoms with Crippen LogP contribution in [-0.4, -0.2) is 31.7 Å². The Morgan fingerprint density at radius 2 is 2.13 bits per heavy atom. The first-order chi connectivity index (χ1) is 10.8. The molecule has 1 atom stereocenters. The number of amides is 1. The minimum atomic E-state index is -1.10. The Morgan fingerprint density at radius 1 is 1.43 bits per heavy atom. The molecule has 0 radical (unpaired) electrons. The van der Waals surface area contributed by atoms with Crippen LogP contribution in [0.4, 0.5) is 11.4 Å². The maximum atomic E-state index is 12.1. The molecule has 2 rings (SSSR count). The molecule has 0 aliphatic rings. The van der Waals surface area contributed by atoms with E-state index in [1.54, 1.807) is 0 Å². The minimum Gasteiger partial charge on any atom is -0.480 e. The van der Waals surface area contributed by atoms with E-state index in [2.05, 4.69) is 10.4 Å². The zero-order chi connectivity index (χ0) is 17.1. The highest BCUT2D eigenvalue weighted by Gasteiger charge is 2.20. The Hall–Kier alpha value is -2.94. The number of hydrogen-bond acceptors (Lipinski definition) is 5. The van der Waals surface area contributed by atoms with Gasteiger partial charge in [0.25, 0.3) is 11.6 Å². The van der Waals surface area contributed by atoms with E-state index in [1.807, 2.05) is 0 Å². The van der Waals surface area contributed by atoms with Gasteiger partial charge in [-0.25, -0.2) is 4.79 Å². The van der Waals surface area contributed by atoms with Crippen molar-refractivity contribution < 1.29 is 19.6 Å². The summed E-state index contributed by atoms with van der Waals surface area (Å²) in [4.78, 5) is 33.3. The molecule has 0 fully saturated rings. The number of nitrogens with one attached hydrogen (secondary N) is 1. The molecule has 0 aliphatic carbocycles. The van der Waals surface area contributed by atoms with E-state index in [-0.39, 0.29) is 22.1 Å². The maximum absolute atomic E-state index is 12.1. The fourth-order valence-electron chi connectivity index (χ4n) is 1.74. The van der Waals surface area contributed by atoms with E-state index in [1.165, 1.54) is 31.3 Å². The number of aromatic nitrogens is 2. The lowest BCUT2D eigenvalue weighted by molar-refractivity contribution is -0.383. The van der Waals surface area contributed by atoms with Gasteiger partial charge in [-0.05, 0) is 25.1 Å². The van der Waals surface area contributed by atoms with Gasteiger partial charge in [0, 0.05) is 17.3 Å². The topological polar surface area (TPSA) is 127 Å². The summed E-state index contributed by atoms with van der Waals surface area (Å²) in [6.07, 6.45) is 1.34. The van der Waals surface area contributed by atoms with Crippen molar-refractivity contribution in [2.24, 2.45) is 0 Å². The lowest BCUT2D eigenvalue weighted by atomic mass is 10.2. The van der Waals surface area contributed by atoms with Gasteiger partial charge in [0.05, 0.1) is 4.92 Å². The van der Waals surface area contributed by atoms with Gasteiger partial charge >= 0.3 is 5.97 Å². The summed E-state index contributed by atoms with van der Waals surface area (Å²) in [6.45, 7) is 1.40. The number of carbonyl (C=O) groups excluding carboxylic acids is 1. The van der Waals surface area contributed by atoms with Crippen LogP contribution in [0.15, 0.2) is 30.5 Å². The molecule has 0 saturated heterocycles. The van der Waals surface area contributed by atoms with Gasteiger partial charge in [0.1, 0.15) is 11.7 Å². The quantitative estimate of drug-likeness (QED) is 0.636. The third-order valence-electron chi connectivity index (χ3n) is 3.00. The van der Waals surface area contributed by atoms with Gasteiger partial charge < -0.3 is 10.4 Å². The van der Waals surface area contributed by atoms with E-state index in [0.29, 0.717) is 0 Å². The number of carboxylic acid groups (broad SMARTS) is 1. The van der Waals surface area contributed by atoms with Crippen LogP contribution < -0.4 is 5.32 Å². The standard InChI is InChI=1S/C13H11ClN4O5/c1-7(13(20)21)17-5-4-10(16-17)12(19)15-9-3-2-8(14)6-11(9)18(22)23/h2-7H,1H3,(H,15,19)(H,20,21). The van der Waals surface area contributed by atoms with Crippen molar-refractivity contribution in [3.05, 3.63) is 51.3 Å². The lowest BCUT2D eigenvalue weighted by Gasteiger charge is -2.06. The molecule has 0 aliphatic heterocycles. The number of nitro benzene ring substituents is 1. The van der Waals surface area contributed by atoms with Gasteiger partial charge in [-0.1, -0.05) is 11.6 Å². The second kappa shape index (κ2) is 6.44. The van der Waals surface area contributed by atoms with Crippen molar-refractivity contribution in [1.82, 2.24) is 9.78 Å². The van der Waals surface area contributed by atoms with Crippen molar-refractivity contribution in [3.8, 4) is 0 Å². The molecular formula is C13H11ClN4O5. The molecule has 9 nitrogen and oxygen atoms in total. The Morgan fingerprint density at radius 3 is 2.74 bits per heavy atom. The molecule has 1 amide bonds. The fraction of sp³-hybridized carbons (Fsp3) is 0.154. The summed E-state index contributed by atoms with van der Waals surface area (Å²) >= 11 is 5.69. The zero-order valence-electron chi connectivity index (χ0n) is 11.8. The molecule has 1 unspecified atom stereocenters. The predicted molar refractivity (Wildman–Crippen MR) is 80.6 cm³/mol. The Balaban J connectivity index is 2.23. The molecule has 0 saturated carbocycles. The van der Waals surface area contributed by atoms with Crippen molar-refractivity contribution in [1.29, 1.82) is 0 Å². The van der Waals surface area contributed by atoms with Gasteiger partial charge in [-0.15, -0.1) is 0 Å². The number of carbonyl (C=O) groups is 2. The van der Waals surface area contributed by atoms with E-state index in [4.69, 9.17) is 16.7 Å². The molecule has 120 valence electrons. The Kier molecular flexibility index (Phi) is 4.60. The molecular weight excluding hydrogens is 328 g/mol. The van der Waals surface area contributed by atoms with Gasteiger partial charge in [0.15, 0.2) is 5.69 Å². The van der Waals surface area contributed by atoms with Gasteiger partial charge in [-0.3, -0.25) is 19.6 Å². The Bertz CT molecular complexity index is 788. The van der Waals surface area contributed by atoms with Crippen LogP contribution in [0.1, 0.15) is 23.5 Å². The molecule has 1 aromatic carbocycles. The predicted octanol–water partition coefficient (Wildman–Crippen LogP) is 2.34. The van der Waals surface area contributed by atoms with Crippen molar-refractivity contribution in [2.45, 2.75) is 13.0 Å². The number of nitrogens with zero attached hydrogens (tertiary/aromatic N) is 3. The number of benzene rings is 1. The second-order valence-corrected chi connectivity index (χ2v) is 5.00. The zero-order valence-corrected chi connectivity index (χ0v) is 12.5. The number of rotatable bonds is 5. The summed E-state index contributed by atoms with van der Waals surface area (Å²) in [5.41, 5.74) is -0.461. The molecule has 0 bridgehead atoms. The van der Waals surface area contributed by atoms with Crippen LogP contribution in [0.2, 0.25) is 5.02 Å². The number of halogens is 1. The Labute approximate surface area is 134 Å². The normalized spacial score (nSPS) is 11.7. The highest BCUT2D eigenvalue weighted by molar-refractivity contribution is 6.31. The third kappa shape index (κ3) is 3.64. The second-order valence-electron chi connectivity index (χ2n) is 4.57. The molecule has 1 aromatic heterocycles. The largest absolute Gasteiger partial charge is 0.480 e.